The van der Waals surface area contributed by atoms with E-state index in [-0.39, 0.29) is 0 Å². The molecular weight excluding hydrogens is 707 g/mol. The van der Waals surface area contributed by atoms with Crippen LogP contribution in [-0.2, 0) is 40.0 Å². The molecule has 0 fully saturated rings. The van der Waals surface area contributed by atoms with E-state index in [4.69, 9.17) is 0 Å². The third-order valence-electron chi connectivity index (χ3n) is 3.99. The van der Waals surface area contributed by atoms with Crippen molar-refractivity contribution < 1.29 is 19.4 Å². The van der Waals surface area contributed by atoms with Crippen molar-refractivity contribution in [1.29, 1.82) is 0 Å². The number of imidazole rings is 1. The third-order valence-corrected chi connectivity index (χ3v) is 6.20. The minimum atomic E-state index is 1.00. The Morgan fingerprint density at radius 3 is 1.92 bits per heavy atom. The van der Waals surface area contributed by atoms with E-state index in [9.17, 15) is 0 Å². The van der Waals surface area contributed by atoms with Gasteiger partial charge in [-0.05, 0) is 30.5 Å². The summed E-state index contributed by atoms with van der Waals surface area (Å²) in [6.45, 7) is 5.30. The first-order valence-electron chi connectivity index (χ1n) is 7.52. The van der Waals surface area contributed by atoms with Gasteiger partial charge < -0.3 is 0 Å². The number of aromatic nitrogens is 2. The number of para-hydroxylation sites is 2. The van der Waals surface area contributed by atoms with E-state index < -0.39 is 0 Å². The van der Waals surface area contributed by atoms with Crippen LogP contribution < -0.4 is 0 Å². The van der Waals surface area contributed by atoms with Gasteiger partial charge in [-0.15, -0.1) is 0 Å². The summed E-state index contributed by atoms with van der Waals surface area (Å²) in [5.74, 6) is 0. The molecule has 0 atom stereocenters. The van der Waals surface area contributed by atoms with Gasteiger partial charge in [-0.1, -0.05) is 18.2 Å². The van der Waals surface area contributed by atoms with Crippen molar-refractivity contribution in [2.45, 2.75) is 20.4 Å². The van der Waals surface area contributed by atoms with Gasteiger partial charge in [0, 0.05) is 52.3 Å². The average molecular weight is 728 g/mol. The van der Waals surface area contributed by atoms with Gasteiger partial charge in [0.05, 0.1) is 0 Å². The first kappa shape index (κ1) is 20.3. The summed E-state index contributed by atoms with van der Waals surface area (Å²) >= 11 is 6.90. The molecule has 0 saturated carbocycles. The van der Waals surface area contributed by atoms with Gasteiger partial charge in [0.15, 0.2) is 0 Å². The third kappa shape index (κ3) is 5.02. The maximum absolute atomic E-state index is 2.33. The van der Waals surface area contributed by atoms with Crippen molar-refractivity contribution in [3.63, 3.8) is 0 Å². The topological polar surface area (TPSA) is 13.1 Å². The molecule has 0 aliphatic carbocycles. The molecule has 24 heavy (non-hydrogen) atoms. The summed E-state index contributed by atoms with van der Waals surface area (Å²) in [5.41, 5.74) is 6.69. The van der Waals surface area contributed by atoms with Gasteiger partial charge in [0.25, 0.3) is 0 Å². The van der Waals surface area contributed by atoms with Crippen molar-refractivity contribution in [2.75, 3.05) is 0 Å². The molecule has 0 radical (unpaired) electrons. The van der Waals surface area contributed by atoms with Crippen LogP contribution in [0.5, 0.6) is 0 Å². The van der Waals surface area contributed by atoms with Crippen LogP contribution in [0.4, 0.5) is 0 Å². The van der Waals surface area contributed by atoms with Crippen LogP contribution >= 0.6 is 45.7 Å². The predicted octanol–water partition coefficient (Wildman–Crippen LogP) is 5.40. The van der Waals surface area contributed by atoms with E-state index >= 15 is 0 Å². The molecule has 2 aromatic carbocycles. The number of halogens is 2. The first-order valence-corrected chi connectivity index (χ1v) is 10.6. The van der Waals surface area contributed by atoms with Gasteiger partial charge in [-0.2, -0.15) is 1.33 Å². The summed E-state index contributed by atoms with van der Waals surface area (Å²) in [7, 11) is 4.18. The molecule has 3 nitrogen and oxygen atoms in total. The molecule has 0 saturated heterocycles. The molecule has 0 spiro atoms. The zero-order chi connectivity index (χ0) is 17.9. The summed E-state index contributed by atoms with van der Waals surface area (Å²) in [6, 6.07) is 15.0. The maximum atomic E-state index is 2.33. The zero-order valence-electron chi connectivity index (χ0n) is 14.2. The quantitative estimate of drug-likeness (QED) is 0.255. The van der Waals surface area contributed by atoms with Crippen molar-refractivity contribution in [3.05, 3.63) is 63.0 Å². The monoisotopic (exact) mass is 728 g/mol. The standard InChI is InChI=1S/C9H11I2N.C9H10N2.Pt/c1-7-3-4-9(5-8(7)2)6-12(10)11;1-10-7-11(2)9-6-4-3-5-8(9)10;/h3-5H,6H2,1-2H3;3-6H,1-2H3;. The Morgan fingerprint density at radius 1 is 0.917 bits per heavy atom. The molecule has 0 unspecified atom stereocenters. The van der Waals surface area contributed by atoms with Crippen molar-refractivity contribution in [2.24, 2.45) is 14.1 Å². The average Bonchev–Trinajstić information content (AvgIpc) is 2.76. The van der Waals surface area contributed by atoms with Crippen LogP contribution in [0.15, 0.2) is 42.5 Å². The fraction of sp³-hybridized carbons (Fsp3) is 0.278. The second-order valence-electron chi connectivity index (χ2n) is 5.73. The number of fused-ring (bicyclic) bond motifs is 1. The van der Waals surface area contributed by atoms with Crippen LogP contribution in [0.3, 0.4) is 0 Å². The fourth-order valence-electron chi connectivity index (χ4n) is 2.48. The number of benzene rings is 2. The Bertz CT molecular complexity index is 855. The van der Waals surface area contributed by atoms with Gasteiger partial charge in [0.2, 0.25) is 0 Å². The van der Waals surface area contributed by atoms with Gasteiger partial charge in [-0.3, -0.25) is 0 Å². The molecule has 0 amide bonds. The molecule has 1 aromatic heterocycles. The molecule has 0 N–H and O–H groups in total. The van der Waals surface area contributed by atoms with E-state index in [1.165, 1.54) is 31.5 Å². The van der Waals surface area contributed by atoms with E-state index in [1.807, 2.05) is 0 Å². The summed E-state index contributed by atoms with van der Waals surface area (Å²) in [6.07, 6.45) is 0. The van der Waals surface area contributed by atoms with Crippen LogP contribution in [0.1, 0.15) is 16.7 Å². The number of hydrogen-bond acceptors (Lipinski definition) is 1. The van der Waals surface area contributed by atoms with E-state index in [1.54, 1.807) is 0 Å². The van der Waals surface area contributed by atoms with Crippen LogP contribution in [0.2, 0.25) is 0 Å². The summed E-state index contributed by atoms with van der Waals surface area (Å²) in [5, 5.41) is 0. The Labute approximate surface area is 182 Å². The predicted molar refractivity (Wildman–Crippen MR) is 115 cm³/mol. The summed E-state index contributed by atoms with van der Waals surface area (Å²) in [4.78, 5) is 0. The molecule has 6 heteroatoms. The van der Waals surface area contributed by atoms with Gasteiger partial charge >= 0.3 is 81.7 Å². The van der Waals surface area contributed by atoms with Crippen LogP contribution in [-0.4, -0.2) is 10.5 Å². The fourth-order valence-corrected chi connectivity index (χ4v) is 3.82. The van der Waals surface area contributed by atoms with Crippen LogP contribution in [0.25, 0.3) is 11.0 Å². The molecular formula is C18H21I2N3Pt. The van der Waals surface area contributed by atoms with Gasteiger partial charge in [-0.25, -0.2) is 0 Å². The van der Waals surface area contributed by atoms with Gasteiger partial charge in [0.1, 0.15) is 0 Å². The molecule has 0 aliphatic heterocycles. The Hall–Kier alpha value is 0.0183. The van der Waals surface area contributed by atoms with Crippen LogP contribution in [0, 0.1) is 17.7 Å². The molecule has 0 bridgehead atoms. The Morgan fingerprint density at radius 2 is 1.46 bits per heavy atom. The van der Waals surface area contributed by atoms with E-state index in [0.29, 0.717) is 0 Å². The second kappa shape index (κ2) is 9.10. The molecule has 0 aliphatic rings. The van der Waals surface area contributed by atoms with Crippen molar-refractivity contribution in [3.8, 4) is 0 Å². The number of rotatable bonds is 2. The Balaban J connectivity index is 0.000000174. The molecule has 3 aromatic rings. The summed E-state index contributed by atoms with van der Waals surface area (Å²) < 4.78 is 7.75. The first-order chi connectivity index (χ1) is 11.3. The molecule has 1 heterocycles. The van der Waals surface area contributed by atoms with E-state index in [2.05, 4.69) is 146 Å². The second-order valence-corrected chi connectivity index (χ2v) is 10.9. The van der Waals surface area contributed by atoms with E-state index in [0.717, 1.165) is 6.54 Å². The number of nitrogens with zero attached hydrogens (tertiary/aromatic N) is 3. The number of hydrogen-bond donors (Lipinski definition) is 0. The minimum absolute atomic E-state index is 1.00. The zero-order valence-corrected chi connectivity index (χ0v) is 20.7. The Kier molecular flexibility index (Phi) is 7.71. The van der Waals surface area contributed by atoms with Crippen molar-refractivity contribution in [1.82, 2.24) is 10.5 Å². The SMILES string of the molecule is Cc1ccc(CN(I)I)cc1C.Cn1[c](=[Pt])n(C)c2ccccc21. The number of aryl methyl sites for hydroxylation is 4. The van der Waals surface area contributed by atoms with Crippen molar-refractivity contribution >= 4 is 56.8 Å². The normalized spacial score (nSPS) is 10.9. The molecule has 3 rings (SSSR count). The molecule has 132 valence electrons.